The second-order valence-corrected chi connectivity index (χ2v) is 3.60. The molecule has 0 heterocycles. The lowest BCUT2D eigenvalue weighted by Gasteiger charge is -2.09. The van der Waals surface area contributed by atoms with Crippen LogP contribution in [-0.2, 0) is 4.74 Å². The Kier molecular flexibility index (Phi) is 3.48. The zero-order valence-corrected chi connectivity index (χ0v) is 9.79. The Balaban J connectivity index is 2.38. The van der Waals surface area contributed by atoms with E-state index in [1.54, 1.807) is 36.4 Å². The third-order valence-corrected chi connectivity index (χ3v) is 2.43. The van der Waals surface area contributed by atoms with Crippen molar-refractivity contribution in [3.05, 3.63) is 48.5 Å². The molecule has 2 aromatic carbocycles. The maximum absolute atomic E-state index is 11.1. The highest BCUT2D eigenvalue weighted by atomic mass is 16.7. The Bertz CT molecular complexity index is 546. The van der Waals surface area contributed by atoms with Crippen LogP contribution >= 0.6 is 0 Å². The lowest BCUT2D eigenvalue weighted by atomic mass is 10.0. The SMILES string of the molecule is COC(=O)Oc1ccccc1-c1ccc(O)cc1. The molecule has 18 heavy (non-hydrogen) atoms. The molecule has 0 fully saturated rings. The maximum atomic E-state index is 11.1. The smallest absolute Gasteiger partial charge is 0.508 e. The molecule has 0 amide bonds. The average molecular weight is 244 g/mol. The molecule has 0 spiro atoms. The fourth-order valence-electron chi connectivity index (χ4n) is 1.57. The minimum absolute atomic E-state index is 0.185. The highest BCUT2D eigenvalue weighted by Gasteiger charge is 2.10. The second kappa shape index (κ2) is 5.23. The average Bonchev–Trinajstić information content (AvgIpc) is 2.40. The van der Waals surface area contributed by atoms with Crippen molar-refractivity contribution in [3.63, 3.8) is 0 Å². The quantitative estimate of drug-likeness (QED) is 0.651. The molecule has 1 N–H and O–H groups in total. The van der Waals surface area contributed by atoms with Gasteiger partial charge < -0.3 is 14.6 Å². The van der Waals surface area contributed by atoms with Crippen LogP contribution in [0.5, 0.6) is 11.5 Å². The van der Waals surface area contributed by atoms with Gasteiger partial charge in [0.1, 0.15) is 11.5 Å². The number of rotatable bonds is 2. The Labute approximate surface area is 104 Å². The van der Waals surface area contributed by atoms with Gasteiger partial charge in [0.25, 0.3) is 0 Å². The monoisotopic (exact) mass is 244 g/mol. The van der Waals surface area contributed by atoms with Gasteiger partial charge in [0.2, 0.25) is 0 Å². The van der Waals surface area contributed by atoms with Crippen LogP contribution in [-0.4, -0.2) is 18.4 Å². The summed E-state index contributed by atoms with van der Waals surface area (Å²) in [4.78, 5) is 11.1. The van der Waals surface area contributed by atoms with Gasteiger partial charge in [-0.2, -0.15) is 0 Å². The van der Waals surface area contributed by atoms with Gasteiger partial charge in [-0.25, -0.2) is 4.79 Å². The predicted octanol–water partition coefficient (Wildman–Crippen LogP) is 3.20. The van der Waals surface area contributed by atoms with Crippen molar-refractivity contribution in [2.24, 2.45) is 0 Å². The molecular formula is C14H12O4. The molecule has 0 aromatic heterocycles. The van der Waals surface area contributed by atoms with Crippen LogP contribution in [0, 0.1) is 0 Å². The highest BCUT2D eigenvalue weighted by molar-refractivity contribution is 5.74. The second-order valence-electron chi connectivity index (χ2n) is 3.60. The van der Waals surface area contributed by atoms with Gasteiger partial charge in [0, 0.05) is 5.56 Å². The highest BCUT2D eigenvalue weighted by Crippen LogP contribution is 2.30. The van der Waals surface area contributed by atoms with E-state index < -0.39 is 6.16 Å². The van der Waals surface area contributed by atoms with E-state index in [9.17, 15) is 9.90 Å². The fourth-order valence-corrected chi connectivity index (χ4v) is 1.57. The van der Waals surface area contributed by atoms with Crippen LogP contribution in [0.3, 0.4) is 0 Å². The molecule has 4 heteroatoms. The number of phenolic OH excluding ortho intramolecular Hbond substituents is 1. The van der Waals surface area contributed by atoms with Crippen LogP contribution in [0.25, 0.3) is 11.1 Å². The zero-order valence-electron chi connectivity index (χ0n) is 9.79. The first-order valence-corrected chi connectivity index (χ1v) is 5.35. The van der Waals surface area contributed by atoms with E-state index in [1.165, 1.54) is 7.11 Å². The van der Waals surface area contributed by atoms with E-state index in [0.717, 1.165) is 11.1 Å². The van der Waals surface area contributed by atoms with Crippen molar-refractivity contribution in [3.8, 4) is 22.6 Å². The summed E-state index contributed by atoms with van der Waals surface area (Å²) < 4.78 is 9.52. The van der Waals surface area contributed by atoms with Gasteiger partial charge in [0.15, 0.2) is 0 Å². The van der Waals surface area contributed by atoms with Gasteiger partial charge in [-0.3, -0.25) is 0 Å². The van der Waals surface area contributed by atoms with Crippen LogP contribution in [0.1, 0.15) is 0 Å². The standard InChI is InChI=1S/C14H12O4/c1-17-14(16)18-13-5-3-2-4-12(13)10-6-8-11(15)9-7-10/h2-9,15H,1H3. The van der Waals surface area contributed by atoms with Gasteiger partial charge >= 0.3 is 6.16 Å². The molecular weight excluding hydrogens is 232 g/mol. The molecule has 0 saturated carbocycles. The summed E-state index contributed by atoms with van der Waals surface area (Å²) in [5.41, 5.74) is 1.59. The summed E-state index contributed by atoms with van der Waals surface area (Å²) in [5, 5.41) is 9.25. The molecule has 4 nitrogen and oxygen atoms in total. The number of carbonyl (C=O) groups is 1. The molecule has 0 bridgehead atoms. The van der Waals surface area contributed by atoms with Gasteiger partial charge in [-0.1, -0.05) is 30.3 Å². The first-order valence-electron chi connectivity index (χ1n) is 5.35. The molecule has 0 atom stereocenters. The van der Waals surface area contributed by atoms with Crippen LogP contribution in [0.15, 0.2) is 48.5 Å². The largest absolute Gasteiger partial charge is 0.513 e. The van der Waals surface area contributed by atoms with E-state index in [1.807, 2.05) is 12.1 Å². The van der Waals surface area contributed by atoms with Crippen molar-refractivity contribution < 1.29 is 19.4 Å². The minimum atomic E-state index is -0.763. The Morgan fingerprint density at radius 2 is 1.72 bits per heavy atom. The number of carbonyl (C=O) groups excluding carboxylic acids is 1. The third kappa shape index (κ3) is 2.60. The summed E-state index contributed by atoms with van der Waals surface area (Å²) in [6, 6.07) is 13.7. The molecule has 2 aromatic rings. The lowest BCUT2D eigenvalue weighted by Crippen LogP contribution is -2.07. The topological polar surface area (TPSA) is 55.8 Å². The number of benzene rings is 2. The first kappa shape index (κ1) is 12.0. The Morgan fingerprint density at radius 3 is 2.39 bits per heavy atom. The first-order chi connectivity index (χ1) is 8.70. The molecule has 0 aliphatic heterocycles. The summed E-state index contributed by atoms with van der Waals surface area (Å²) >= 11 is 0. The molecule has 0 aliphatic rings. The fraction of sp³-hybridized carbons (Fsp3) is 0.0714. The molecule has 0 unspecified atom stereocenters. The molecule has 0 radical (unpaired) electrons. The lowest BCUT2D eigenvalue weighted by molar-refractivity contribution is 0.121. The Hall–Kier alpha value is -2.49. The molecule has 0 aliphatic carbocycles. The normalized spacial score (nSPS) is 9.83. The van der Waals surface area contributed by atoms with Gasteiger partial charge in [0.05, 0.1) is 7.11 Å². The number of hydrogen-bond donors (Lipinski definition) is 1. The predicted molar refractivity (Wildman–Crippen MR) is 66.6 cm³/mol. The van der Waals surface area contributed by atoms with Gasteiger partial charge in [-0.05, 0) is 23.8 Å². The number of hydrogen-bond acceptors (Lipinski definition) is 4. The van der Waals surface area contributed by atoms with Crippen LogP contribution in [0.2, 0.25) is 0 Å². The summed E-state index contributed by atoms with van der Waals surface area (Å²) in [6.45, 7) is 0. The number of para-hydroxylation sites is 1. The van der Waals surface area contributed by atoms with Crippen molar-refractivity contribution in [2.75, 3.05) is 7.11 Å². The van der Waals surface area contributed by atoms with Crippen molar-refractivity contribution in [1.29, 1.82) is 0 Å². The van der Waals surface area contributed by atoms with Crippen molar-refractivity contribution in [2.45, 2.75) is 0 Å². The molecule has 2 rings (SSSR count). The number of phenols is 1. The summed E-state index contributed by atoms with van der Waals surface area (Å²) in [6.07, 6.45) is -0.763. The summed E-state index contributed by atoms with van der Waals surface area (Å²) in [7, 11) is 1.26. The van der Waals surface area contributed by atoms with Gasteiger partial charge in [-0.15, -0.1) is 0 Å². The molecule has 0 saturated heterocycles. The Morgan fingerprint density at radius 1 is 1.06 bits per heavy atom. The van der Waals surface area contributed by atoms with E-state index in [-0.39, 0.29) is 5.75 Å². The van der Waals surface area contributed by atoms with Crippen LogP contribution < -0.4 is 4.74 Å². The van der Waals surface area contributed by atoms with E-state index in [0.29, 0.717) is 5.75 Å². The maximum Gasteiger partial charge on any atom is 0.513 e. The number of aromatic hydroxyl groups is 1. The number of ether oxygens (including phenoxy) is 2. The number of methoxy groups -OCH3 is 1. The van der Waals surface area contributed by atoms with Crippen molar-refractivity contribution in [1.82, 2.24) is 0 Å². The molecule has 92 valence electrons. The zero-order chi connectivity index (χ0) is 13.0. The summed E-state index contributed by atoms with van der Waals surface area (Å²) in [5.74, 6) is 0.597. The van der Waals surface area contributed by atoms with Crippen molar-refractivity contribution >= 4 is 6.16 Å². The van der Waals surface area contributed by atoms with Crippen LogP contribution in [0.4, 0.5) is 4.79 Å². The van der Waals surface area contributed by atoms with E-state index >= 15 is 0 Å². The third-order valence-electron chi connectivity index (χ3n) is 2.43. The minimum Gasteiger partial charge on any atom is -0.508 e. The van der Waals surface area contributed by atoms with E-state index in [4.69, 9.17) is 4.74 Å². The van der Waals surface area contributed by atoms with E-state index in [2.05, 4.69) is 4.74 Å².